The molecule has 1 amide bonds. The Balaban J connectivity index is 1.86. The molecule has 2 aromatic heterocycles. The topological polar surface area (TPSA) is 76.9 Å². The molecule has 0 aliphatic heterocycles. The molecule has 0 saturated heterocycles. The largest absolute Gasteiger partial charge is 0.343 e. The van der Waals surface area contributed by atoms with E-state index in [0.29, 0.717) is 31.8 Å². The van der Waals surface area contributed by atoms with Crippen LogP contribution in [0.15, 0.2) is 76.4 Å². The number of nitrogens with one attached hydrogen (secondary N) is 1. The van der Waals surface area contributed by atoms with Crippen molar-refractivity contribution in [2.45, 2.75) is 13.0 Å². The molecule has 1 atom stereocenters. The number of para-hydroxylation sites is 1. The SMILES string of the molecule is C[C@H](NC(=O)c1nccnc1Br)c1cc2cccc(Cl)c2c(=O)n1-c1ccccc1. The van der Waals surface area contributed by atoms with E-state index in [1.807, 2.05) is 49.4 Å². The third-order valence-electron chi connectivity index (χ3n) is 4.70. The van der Waals surface area contributed by atoms with E-state index >= 15 is 0 Å². The first-order valence-electron chi connectivity index (χ1n) is 9.14. The zero-order valence-electron chi connectivity index (χ0n) is 15.8. The molecule has 0 aliphatic carbocycles. The van der Waals surface area contributed by atoms with E-state index in [1.54, 1.807) is 16.7 Å². The number of halogens is 2. The summed E-state index contributed by atoms with van der Waals surface area (Å²) in [5.74, 6) is -0.402. The summed E-state index contributed by atoms with van der Waals surface area (Å²) >= 11 is 9.57. The van der Waals surface area contributed by atoms with E-state index < -0.39 is 11.9 Å². The average molecular weight is 484 g/mol. The molecule has 0 fully saturated rings. The normalized spacial score (nSPS) is 12.0. The Labute approximate surface area is 185 Å². The summed E-state index contributed by atoms with van der Waals surface area (Å²) in [5, 5.41) is 4.43. The van der Waals surface area contributed by atoms with Gasteiger partial charge in [-0.1, -0.05) is 41.9 Å². The first kappa shape index (κ1) is 20.3. The monoisotopic (exact) mass is 482 g/mol. The van der Waals surface area contributed by atoms with Gasteiger partial charge in [-0.25, -0.2) is 9.97 Å². The maximum absolute atomic E-state index is 13.4. The van der Waals surface area contributed by atoms with Crippen LogP contribution in [0.2, 0.25) is 5.02 Å². The second-order valence-electron chi connectivity index (χ2n) is 6.64. The molecular formula is C22H16BrClN4O2. The van der Waals surface area contributed by atoms with Crippen LogP contribution >= 0.6 is 27.5 Å². The number of pyridine rings is 1. The Kier molecular flexibility index (Phi) is 5.65. The zero-order valence-corrected chi connectivity index (χ0v) is 18.2. The second kappa shape index (κ2) is 8.38. The standard InChI is InChI=1S/C22H16BrClN4O2/c1-13(27-21(29)19-20(23)26-11-10-25-19)17-12-14-6-5-9-16(24)18(14)22(30)28(17)15-7-3-2-4-8-15/h2-13H,1H3,(H,27,29)/t13-/m0/s1. The van der Waals surface area contributed by atoms with Crippen molar-refractivity contribution < 1.29 is 4.79 Å². The van der Waals surface area contributed by atoms with Crippen LogP contribution in [0, 0.1) is 0 Å². The number of aromatic nitrogens is 3. The van der Waals surface area contributed by atoms with E-state index in [1.165, 1.54) is 12.4 Å². The number of fused-ring (bicyclic) bond motifs is 1. The van der Waals surface area contributed by atoms with Crippen molar-refractivity contribution in [2.75, 3.05) is 0 Å². The van der Waals surface area contributed by atoms with Crippen molar-refractivity contribution >= 4 is 44.2 Å². The lowest BCUT2D eigenvalue weighted by molar-refractivity contribution is 0.0932. The fourth-order valence-electron chi connectivity index (χ4n) is 3.31. The highest BCUT2D eigenvalue weighted by Crippen LogP contribution is 2.25. The Morgan fingerprint density at radius 1 is 1.10 bits per heavy atom. The van der Waals surface area contributed by atoms with Crippen LogP contribution in [-0.4, -0.2) is 20.4 Å². The van der Waals surface area contributed by atoms with Gasteiger partial charge in [0, 0.05) is 23.8 Å². The van der Waals surface area contributed by atoms with Crippen molar-refractivity contribution in [3.8, 4) is 5.69 Å². The minimum absolute atomic E-state index is 0.168. The maximum atomic E-state index is 13.4. The molecule has 30 heavy (non-hydrogen) atoms. The summed E-state index contributed by atoms with van der Waals surface area (Å²) in [6, 6.07) is 15.9. The Morgan fingerprint density at radius 2 is 1.83 bits per heavy atom. The molecule has 0 unspecified atom stereocenters. The summed E-state index contributed by atoms with van der Waals surface area (Å²) in [6.07, 6.45) is 2.94. The van der Waals surface area contributed by atoms with E-state index in [0.717, 1.165) is 0 Å². The maximum Gasteiger partial charge on any atom is 0.273 e. The minimum atomic E-state index is -0.498. The van der Waals surface area contributed by atoms with Crippen LogP contribution in [0.1, 0.15) is 29.1 Å². The van der Waals surface area contributed by atoms with Gasteiger partial charge in [0.15, 0.2) is 5.69 Å². The predicted molar refractivity (Wildman–Crippen MR) is 120 cm³/mol. The fraction of sp³-hybridized carbons (Fsp3) is 0.0909. The van der Waals surface area contributed by atoms with Crippen LogP contribution in [0.5, 0.6) is 0 Å². The van der Waals surface area contributed by atoms with Crippen LogP contribution in [0.25, 0.3) is 16.5 Å². The van der Waals surface area contributed by atoms with Crippen molar-refractivity contribution in [1.82, 2.24) is 19.9 Å². The number of carbonyl (C=O) groups is 1. The highest BCUT2D eigenvalue weighted by Gasteiger charge is 2.21. The Morgan fingerprint density at radius 3 is 2.57 bits per heavy atom. The van der Waals surface area contributed by atoms with Crippen molar-refractivity contribution in [3.63, 3.8) is 0 Å². The van der Waals surface area contributed by atoms with E-state index in [9.17, 15) is 9.59 Å². The Bertz CT molecular complexity index is 1310. The number of amides is 1. The van der Waals surface area contributed by atoms with Gasteiger partial charge < -0.3 is 5.32 Å². The smallest absolute Gasteiger partial charge is 0.273 e. The first-order valence-corrected chi connectivity index (χ1v) is 10.3. The molecule has 2 heterocycles. The number of hydrogen-bond donors (Lipinski definition) is 1. The van der Waals surface area contributed by atoms with Gasteiger partial charge in [0.25, 0.3) is 11.5 Å². The molecular weight excluding hydrogens is 468 g/mol. The quantitative estimate of drug-likeness (QED) is 0.457. The van der Waals surface area contributed by atoms with Crippen LogP contribution in [0.4, 0.5) is 0 Å². The van der Waals surface area contributed by atoms with Gasteiger partial charge in [-0.05, 0) is 52.5 Å². The molecule has 0 saturated carbocycles. The van der Waals surface area contributed by atoms with Gasteiger partial charge in [0.05, 0.1) is 16.5 Å². The fourth-order valence-corrected chi connectivity index (χ4v) is 3.98. The number of benzene rings is 2. The molecule has 2 aromatic carbocycles. The molecule has 6 nitrogen and oxygen atoms in total. The molecule has 0 aliphatic rings. The molecule has 8 heteroatoms. The minimum Gasteiger partial charge on any atom is -0.343 e. The van der Waals surface area contributed by atoms with Gasteiger partial charge in [-0.3, -0.25) is 14.2 Å². The highest BCUT2D eigenvalue weighted by molar-refractivity contribution is 9.10. The van der Waals surface area contributed by atoms with Crippen molar-refractivity contribution in [3.05, 3.63) is 98.4 Å². The zero-order chi connectivity index (χ0) is 21.3. The number of hydrogen-bond acceptors (Lipinski definition) is 4. The van der Waals surface area contributed by atoms with E-state index in [2.05, 4.69) is 31.2 Å². The third kappa shape index (κ3) is 3.74. The molecule has 0 bridgehead atoms. The number of rotatable bonds is 4. The summed E-state index contributed by atoms with van der Waals surface area (Å²) in [4.78, 5) is 34.3. The van der Waals surface area contributed by atoms with Crippen molar-refractivity contribution in [2.24, 2.45) is 0 Å². The van der Waals surface area contributed by atoms with Gasteiger partial charge in [-0.15, -0.1) is 0 Å². The molecule has 150 valence electrons. The van der Waals surface area contributed by atoms with E-state index in [4.69, 9.17) is 11.6 Å². The summed E-state index contributed by atoms with van der Waals surface area (Å²) < 4.78 is 1.92. The average Bonchev–Trinajstić information content (AvgIpc) is 2.74. The predicted octanol–water partition coefficient (Wildman–Crippen LogP) is 4.69. The lowest BCUT2D eigenvalue weighted by atomic mass is 10.1. The summed E-state index contributed by atoms with van der Waals surface area (Å²) in [6.45, 7) is 1.81. The number of carbonyl (C=O) groups excluding carboxylic acids is 1. The molecule has 4 aromatic rings. The van der Waals surface area contributed by atoms with Crippen LogP contribution in [-0.2, 0) is 0 Å². The Hall–Kier alpha value is -3.03. The second-order valence-corrected chi connectivity index (χ2v) is 7.80. The third-order valence-corrected chi connectivity index (χ3v) is 5.59. The summed E-state index contributed by atoms with van der Waals surface area (Å²) in [5.41, 5.74) is 1.22. The summed E-state index contributed by atoms with van der Waals surface area (Å²) in [7, 11) is 0. The lowest BCUT2D eigenvalue weighted by Gasteiger charge is -2.21. The van der Waals surface area contributed by atoms with Crippen molar-refractivity contribution in [1.29, 1.82) is 0 Å². The van der Waals surface area contributed by atoms with Crippen LogP contribution in [0.3, 0.4) is 0 Å². The first-order chi connectivity index (χ1) is 14.5. The van der Waals surface area contributed by atoms with Gasteiger partial charge in [-0.2, -0.15) is 0 Å². The molecule has 4 rings (SSSR count). The lowest BCUT2D eigenvalue weighted by Crippen LogP contribution is -2.32. The van der Waals surface area contributed by atoms with Gasteiger partial charge in [0.2, 0.25) is 0 Å². The molecule has 0 radical (unpaired) electrons. The van der Waals surface area contributed by atoms with E-state index in [-0.39, 0.29) is 11.3 Å². The number of nitrogens with zero attached hydrogens (tertiary/aromatic N) is 3. The molecule has 1 N–H and O–H groups in total. The highest BCUT2D eigenvalue weighted by atomic mass is 79.9. The van der Waals surface area contributed by atoms with Crippen LogP contribution < -0.4 is 10.9 Å². The van der Waals surface area contributed by atoms with Gasteiger partial charge >= 0.3 is 0 Å². The van der Waals surface area contributed by atoms with Gasteiger partial charge in [0.1, 0.15) is 4.60 Å². The molecule has 0 spiro atoms.